The molecule has 3 fully saturated rings. The maximum atomic E-state index is 12.4. The Balaban J connectivity index is 1.29. The van der Waals surface area contributed by atoms with Crippen LogP contribution in [0.15, 0.2) is 24.3 Å². The summed E-state index contributed by atoms with van der Waals surface area (Å²) in [7, 11) is 0. The maximum absolute atomic E-state index is 12.4. The first-order valence-electron chi connectivity index (χ1n) is 9.63. The molecule has 6 nitrogen and oxygen atoms in total. The van der Waals surface area contributed by atoms with Crippen molar-refractivity contribution in [2.75, 3.05) is 26.3 Å². The van der Waals surface area contributed by atoms with Gasteiger partial charge in [-0.25, -0.2) is 0 Å². The fourth-order valence-electron chi connectivity index (χ4n) is 3.60. The lowest BCUT2D eigenvalue weighted by Gasteiger charge is -2.32. The number of rotatable bonds is 5. The molecule has 0 bridgehead atoms. The monoisotopic (exact) mass is 358 g/mol. The van der Waals surface area contributed by atoms with E-state index in [2.05, 4.69) is 5.32 Å². The van der Waals surface area contributed by atoms with E-state index >= 15 is 0 Å². The van der Waals surface area contributed by atoms with E-state index in [1.54, 1.807) is 12.1 Å². The molecule has 140 valence electrons. The topological polar surface area (TPSA) is 67.9 Å². The molecule has 26 heavy (non-hydrogen) atoms. The lowest BCUT2D eigenvalue weighted by Crippen LogP contribution is -2.42. The zero-order valence-electron chi connectivity index (χ0n) is 15.0. The van der Waals surface area contributed by atoms with Crippen LogP contribution in [0.4, 0.5) is 0 Å². The number of piperidine rings is 1. The predicted octanol–water partition coefficient (Wildman–Crippen LogP) is 1.99. The molecule has 1 aromatic rings. The molecule has 1 aliphatic carbocycles. The van der Waals surface area contributed by atoms with Crippen LogP contribution in [-0.2, 0) is 9.53 Å². The zero-order chi connectivity index (χ0) is 17.9. The zero-order valence-corrected chi connectivity index (χ0v) is 15.0. The minimum Gasteiger partial charge on any atom is -0.490 e. The largest absolute Gasteiger partial charge is 0.490 e. The third kappa shape index (κ3) is 4.18. The van der Waals surface area contributed by atoms with Crippen molar-refractivity contribution in [2.24, 2.45) is 5.92 Å². The number of amides is 2. The molecular formula is C20H26N2O4. The van der Waals surface area contributed by atoms with Crippen molar-refractivity contribution < 1.29 is 19.1 Å². The number of hydrogen-bond donors (Lipinski definition) is 1. The Labute approximate surface area is 153 Å². The van der Waals surface area contributed by atoms with Crippen LogP contribution in [0, 0.1) is 5.92 Å². The van der Waals surface area contributed by atoms with Crippen LogP contribution in [0.5, 0.6) is 5.75 Å². The highest BCUT2D eigenvalue weighted by atomic mass is 16.5. The summed E-state index contributed by atoms with van der Waals surface area (Å²) in [5, 5.41) is 3.00. The van der Waals surface area contributed by atoms with Gasteiger partial charge >= 0.3 is 0 Å². The molecule has 1 N–H and O–H groups in total. The third-order valence-electron chi connectivity index (χ3n) is 5.34. The van der Waals surface area contributed by atoms with Gasteiger partial charge in [0.25, 0.3) is 5.91 Å². The van der Waals surface area contributed by atoms with Gasteiger partial charge in [-0.2, -0.15) is 0 Å². The Hall–Kier alpha value is -2.08. The van der Waals surface area contributed by atoms with Crippen molar-refractivity contribution in [3.63, 3.8) is 0 Å². The summed E-state index contributed by atoms with van der Waals surface area (Å²) >= 11 is 0. The number of likely N-dealkylation sites (tertiary alicyclic amines) is 1. The van der Waals surface area contributed by atoms with Gasteiger partial charge in [-0.1, -0.05) is 6.07 Å². The Morgan fingerprint density at radius 3 is 2.62 bits per heavy atom. The molecule has 2 saturated heterocycles. The second-order valence-electron chi connectivity index (χ2n) is 7.48. The van der Waals surface area contributed by atoms with E-state index in [0.29, 0.717) is 30.4 Å². The highest BCUT2D eigenvalue weighted by Gasteiger charge is 2.35. The normalized spacial score (nSPS) is 23.7. The summed E-state index contributed by atoms with van der Waals surface area (Å²) in [5.74, 6) is 1.23. The smallest absolute Gasteiger partial charge is 0.251 e. The van der Waals surface area contributed by atoms with E-state index in [0.717, 1.165) is 45.2 Å². The van der Waals surface area contributed by atoms with Crippen LogP contribution in [-0.4, -0.2) is 55.2 Å². The number of hydrogen-bond acceptors (Lipinski definition) is 4. The predicted molar refractivity (Wildman–Crippen MR) is 96.1 cm³/mol. The van der Waals surface area contributed by atoms with Gasteiger partial charge in [-0.05, 0) is 37.5 Å². The van der Waals surface area contributed by atoms with Crippen LogP contribution in [0.2, 0.25) is 0 Å². The summed E-state index contributed by atoms with van der Waals surface area (Å²) in [6, 6.07) is 7.43. The van der Waals surface area contributed by atoms with E-state index in [9.17, 15) is 9.59 Å². The van der Waals surface area contributed by atoms with Crippen molar-refractivity contribution in [3.05, 3.63) is 29.8 Å². The molecular weight excluding hydrogens is 332 g/mol. The molecule has 1 atom stereocenters. The molecule has 1 aromatic carbocycles. The molecule has 0 spiro atoms. The average molecular weight is 358 g/mol. The molecule has 4 rings (SSSR count). The van der Waals surface area contributed by atoms with Crippen molar-refractivity contribution in [1.29, 1.82) is 0 Å². The van der Waals surface area contributed by atoms with Gasteiger partial charge in [-0.3, -0.25) is 9.59 Å². The fraction of sp³-hybridized carbons (Fsp3) is 0.600. The third-order valence-corrected chi connectivity index (χ3v) is 5.34. The Morgan fingerprint density at radius 2 is 1.92 bits per heavy atom. The van der Waals surface area contributed by atoms with Gasteiger partial charge in [0, 0.05) is 44.0 Å². The number of carbonyl (C=O) groups is 2. The van der Waals surface area contributed by atoms with E-state index in [4.69, 9.17) is 9.47 Å². The Kier molecular flexibility index (Phi) is 5.11. The van der Waals surface area contributed by atoms with Crippen molar-refractivity contribution in [3.8, 4) is 5.75 Å². The highest BCUT2D eigenvalue weighted by molar-refractivity contribution is 5.94. The van der Waals surface area contributed by atoms with Crippen LogP contribution < -0.4 is 10.1 Å². The first kappa shape index (κ1) is 17.3. The summed E-state index contributed by atoms with van der Waals surface area (Å²) in [6.07, 6.45) is 4.75. The minimum absolute atomic E-state index is 0.0872. The van der Waals surface area contributed by atoms with Crippen molar-refractivity contribution >= 4 is 11.8 Å². The molecule has 2 amide bonds. The maximum Gasteiger partial charge on any atom is 0.251 e. The van der Waals surface area contributed by atoms with Gasteiger partial charge in [0.1, 0.15) is 11.9 Å². The summed E-state index contributed by atoms with van der Waals surface area (Å²) in [5.41, 5.74) is 0.607. The van der Waals surface area contributed by atoms with Crippen LogP contribution >= 0.6 is 0 Å². The second-order valence-corrected chi connectivity index (χ2v) is 7.48. The van der Waals surface area contributed by atoms with E-state index < -0.39 is 0 Å². The van der Waals surface area contributed by atoms with Gasteiger partial charge in [0.2, 0.25) is 5.91 Å². The number of nitrogens with one attached hydrogen (secondary N) is 1. The highest BCUT2D eigenvalue weighted by Crippen LogP contribution is 2.32. The molecule has 2 aliphatic heterocycles. The minimum atomic E-state index is -0.0872. The molecule has 3 aliphatic rings. The lowest BCUT2D eigenvalue weighted by atomic mass is 10.1. The number of ether oxygens (including phenoxy) is 2. The molecule has 1 saturated carbocycles. The molecule has 0 unspecified atom stereocenters. The first-order valence-corrected chi connectivity index (χ1v) is 9.63. The van der Waals surface area contributed by atoms with Crippen LogP contribution in [0.25, 0.3) is 0 Å². The van der Waals surface area contributed by atoms with Gasteiger partial charge < -0.3 is 19.7 Å². The van der Waals surface area contributed by atoms with Crippen LogP contribution in [0.3, 0.4) is 0 Å². The second kappa shape index (κ2) is 7.66. The fourth-order valence-corrected chi connectivity index (χ4v) is 3.60. The number of nitrogens with zero attached hydrogens (tertiary/aromatic N) is 1. The number of benzene rings is 1. The summed E-state index contributed by atoms with van der Waals surface area (Å²) < 4.78 is 11.4. The Bertz CT molecular complexity index is 660. The van der Waals surface area contributed by atoms with E-state index in [1.807, 2.05) is 17.0 Å². The lowest BCUT2D eigenvalue weighted by molar-refractivity contribution is -0.134. The van der Waals surface area contributed by atoms with E-state index in [-0.39, 0.29) is 24.0 Å². The Morgan fingerprint density at radius 1 is 1.12 bits per heavy atom. The SMILES string of the molecule is O=C(N[C@@H]1CCOC1)c1cccc(OC2CCN(C(=O)C3CC3)CC2)c1. The first-order chi connectivity index (χ1) is 12.7. The quantitative estimate of drug-likeness (QED) is 0.874. The standard InChI is InChI=1S/C20H26N2O4/c23-19(21-16-8-11-25-13-16)15-2-1-3-18(12-15)26-17-6-9-22(10-7-17)20(24)14-4-5-14/h1-3,12,14,16-17H,4-11,13H2,(H,21,23)/t16-/m1/s1. The average Bonchev–Trinajstić information content (AvgIpc) is 3.39. The van der Waals surface area contributed by atoms with Gasteiger partial charge in [-0.15, -0.1) is 0 Å². The molecule has 6 heteroatoms. The van der Waals surface area contributed by atoms with E-state index in [1.165, 1.54) is 0 Å². The molecule has 0 aromatic heterocycles. The van der Waals surface area contributed by atoms with Crippen molar-refractivity contribution in [2.45, 2.75) is 44.2 Å². The molecule has 2 heterocycles. The van der Waals surface area contributed by atoms with Crippen LogP contribution in [0.1, 0.15) is 42.5 Å². The molecule has 0 radical (unpaired) electrons. The van der Waals surface area contributed by atoms with Gasteiger partial charge in [0.05, 0.1) is 12.6 Å². The number of carbonyl (C=O) groups excluding carboxylic acids is 2. The van der Waals surface area contributed by atoms with Gasteiger partial charge in [0.15, 0.2) is 0 Å². The summed E-state index contributed by atoms with van der Waals surface area (Å²) in [6.45, 7) is 2.82. The summed E-state index contributed by atoms with van der Waals surface area (Å²) in [4.78, 5) is 26.5. The van der Waals surface area contributed by atoms with Crippen molar-refractivity contribution in [1.82, 2.24) is 10.2 Å².